The van der Waals surface area contributed by atoms with Crippen LogP contribution in [0.25, 0.3) is 0 Å². The van der Waals surface area contributed by atoms with Gasteiger partial charge in [-0.15, -0.1) is 10.2 Å². The molecule has 2 aromatic rings. The third kappa shape index (κ3) is 2.80. The van der Waals surface area contributed by atoms with Crippen molar-refractivity contribution in [3.63, 3.8) is 0 Å². The predicted octanol–water partition coefficient (Wildman–Crippen LogP) is 4.00. The van der Waals surface area contributed by atoms with E-state index >= 15 is 0 Å². The molecule has 0 spiro atoms. The summed E-state index contributed by atoms with van der Waals surface area (Å²) in [5, 5.41) is 12.0. The third-order valence-corrected chi connectivity index (χ3v) is 3.45. The van der Waals surface area contributed by atoms with Gasteiger partial charge in [0.15, 0.2) is 3.92 Å². The van der Waals surface area contributed by atoms with Gasteiger partial charge in [-0.25, -0.2) is 0 Å². The van der Waals surface area contributed by atoms with E-state index in [-0.39, 0.29) is 0 Å². The summed E-state index contributed by atoms with van der Waals surface area (Å²) in [6.07, 6.45) is 2.21. The molecule has 0 fully saturated rings. The van der Waals surface area contributed by atoms with Crippen molar-refractivity contribution in [1.29, 1.82) is 0 Å². The molecule has 0 atom stereocenters. The van der Waals surface area contributed by atoms with E-state index < -0.39 is 0 Å². The largest absolute Gasteiger partial charge is 0.330 e. The average Bonchev–Trinajstić information content (AvgIpc) is 2.67. The van der Waals surface area contributed by atoms with Crippen LogP contribution in [-0.2, 0) is 6.42 Å². The molecule has 0 aliphatic carbocycles. The van der Waals surface area contributed by atoms with Crippen LogP contribution >= 0.6 is 27.3 Å². The summed E-state index contributed by atoms with van der Waals surface area (Å²) in [4.78, 5) is 0. The van der Waals surface area contributed by atoms with Crippen molar-refractivity contribution in [2.75, 3.05) is 5.32 Å². The molecule has 3 nitrogen and oxygen atoms in total. The summed E-state index contributed by atoms with van der Waals surface area (Å²) in [6.45, 7) is 2.18. The van der Waals surface area contributed by atoms with E-state index in [1.807, 2.05) is 6.07 Å². The fourth-order valence-corrected chi connectivity index (χ4v) is 2.52. The van der Waals surface area contributed by atoms with Crippen molar-refractivity contribution < 1.29 is 0 Å². The summed E-state index contributed by atoms with van der Waals surface area (Å²) in [5.41, 5.74) is 2.43. The number of hydrogen-bond donors (Lipinski definition) is 1. The molecule has 84 valence electrons. The molecule has 1 N–H and O–H groups in total. The second kappa shape index (κ2) is 5.41. The number of anilines is 2. The highest BCUT2D eigenvalue weighted by molar-refractivity contribution is 9.11. The summed E-state index contributed by atoms with van der Waals surface area (Å²) in [7, 11) is 0. The van der Waals surface area contributed by atoms with Gasteiger partial charge in [0, 0.05) is 5.69 Å². The van der Waals surface area contributed by atoms with Crippen LogP contribution in [0.3, 0.4) is 0 Å². The van der Waals surface area contributed by atoms with E-state index in [1.54, 1.807) is 0 Å². The fourth-order valence-electron chi connectivity index (χ4n) is 1.50. The van der Waals surface area contributed by atoms with Crippen molar-refractivity contribution >= 4 is 38.1 Å². The minimum absolute atomic E-state index is 0.794. The Kier molecular flexibility index (Phi) is 3.90. The minimum atomic E-state index is 0.794. The Morgan fingerprint density at radius 1 is 1.31 bits per heavy atom. The topological polar surface area (TPSA) is 37.8 Å². The number of hydrogen-bond acceptors (Lipinski definition) is 4. The average molecular weight is 298 g/mol. The van der Waals surface area contributed by atoms with Crippen molar-refractivity contribution in [1.82, 2.24) is 10.2 Å². The Morgan fingerprint density at radius 3 is 2.81 bits per heavy atom. The number of nitrogens with zero attached hydrogens (tertiary/aromatic N) is 2. The van der Waals surface area contributed by atoms with Gasteiger partial charge in [0.1, 0.15) is 0 Å². The Morgan fingerprint density at radius 2 is 2.12 bits per heavy atom. The predicted molar refractivity (Wildman–Crippen MR) is 71.3 cm³/mol. The molecule has 0 radical (unpaired) electrons. The molecule has 0 bridgehead atoms. The lowest BCUT2D eigenvalue weighted by atomic mass is 10.1. The highest BCUT2D eigenvalue weighted by atomic mass is 79.9. The monoisotopic (exact) mass is 297 g/mol. The Bertz CT molecular complexity index is 470. The first-order chi connectivity index (χ1) is 7.79. The molecule has 5 heteroatoms. The van der Waals surface area contributed by atoms with E-state index in [0.717, 1.165) is 27.6 Å². The van der Waals surface area contributed by atoms with Crippen molar-refractivity contribution in [3.05, 3.63) is 33.7 Å². The van der Waals surface area contributed by atoms with Gasteiger partial charge in [-0.05, 0) is 34.0 Å². The lowest BCUT2D eigenvalue weighted by molar-refractivity contribution is 0.923. The molecule has 0 aliphatic rings. The normalized spacial score (nSPS) is 10.4. The van der Waals surface area contributed by atoms with E-state index in [1.165, 1.54) is 16.9 Å². The maximum atomic E-state index is 4.02. The number of nitrogens with one attached hydrogen (secondary N) is 1. The lowest BCUT2D eigenvalue weighted by Crippen LogP contribution is -1.95. The zero-order valence-corrected chi connectivity index (χ0v) is 11.3. The first kappa shape index (κ1) is 11.5. The minimum Gasteiger partial charge on any atom is -0.330 e. The molecule has 0 saturated carbocycles. The maximum Gasteiger partial charge on any atom is 0.210 e. The van der Waals surface area contributed by atoms with Gasteiger partial charge < -0.3 is 5.32 Å². The summed E-state index contributed by atoms with van der Waals surface area (Å²) in [5.74, 6) is 0. The van der Waals surface area contributed by atoms with Gasteiger partial charge >= 0.3 is 0 Å². The standard InChI is InChI=1S/C11H12BrN3S/c1-2-5-8-6-3-4-7-9(8)13-11-15-14-10(12)16-11/h3-4,6-7H,2,5H2,1H3,(H,13,15). The van der Waals surface area contributed by atoms with Crippen LogP contribution < -0.4 is 5.32 Å². The van der Waals surface area contributed by atoms with Crippen LogP contribution in [0, 0.1) is 0 Å². The Balaban J connectivity index is 2.20. The lowest BCUT2D eigenvalue weighted by Gasteiger charge is -2.08. The highest BCUT2D eigenvalue weighted by Gasteiger charge is 2.04. The van der Waals surface area contributed by atoms with Gasteiger partial charge in [0.2, 0.25) is 5.13 Å². The van der Waals surface area contributed by atoms with Crippen molar-refractivity contribution in [2.45, 2.75) is 19.8 Å². The van der Waals surface area contributed by atoms with Crippen LogP contribution in [0.15, 0.2) is 28.2 Å². The van der Waals surface area contributed by atoms with Crippen LogP contribution in [-0.4, -0.2) is 10.2 Å². The number of rotatable bonds is 4. The first-order valence-electron chi connectivity index (χ1n) is 5.13. The molecule has 1 heterocycles. The molecule has 0 unspecified atom stereocenters. The molecule has 0 saturated heterocycles. The third-order valence-electron chi connectivity index (χ3n) is 2.18. The number of aryl methyl sites for hydroxylation is 1. The van der Waals surface area contributed by atoms with E-state index in [4.69, 9.17) is 0 Å². The van der Waals surface area contributed by atoms with Gasteiger partial charge in [0.25, 0.3) is 0 Å². The number of halogens is 1. The van der Waals surface area contributed by atoms with Crippen LogP contribution in [0.2, 0.25) is 0 Å². The van der Waals surface area contributed by atoms with Crippen LogP contribution in [0.4, 0.5) is 10.8 Å². The van der Waals surface area contributed by atoms with E-state index in [0.29, 0.717) is 0 Å². The van der Waals surface area contributed by atoms with E-state index in [2.05, 4.69) is 56.6 Å². The molecule has 16 heavy (non-hydrogen) atoms. The summed E-state index contributed by atoms with van der Waals surface area (Å²) >= 11 is 4.79. The molecular weight excluding hydrogens is 286 g/mol. The fraction of sp³-hybridized carbons (Fsp3) is 0.273. The number of benzene rings is 1. The van der Waals surface area contributed by atoms with Crippen molar-refractivity contribution in [3.8, 4) is 0 Å². The summed E-state index contributed by atoms with van der Waals surface area (Å²) < 4.78 is 0.794. The second-order valence-corrected chi connectivity index (χ2v) is 5.65. The Labute approximate surface area is 107 Å². The van der Waals surface area contributed by atoms with Gasteiger partial charge in [0.05, 0.1) is 0 Å². The van der Waals surface area contributed by atoms with Gasteiger partial charge in [-0.2, -0.15) is 0 Å². The zero-order valence-electron chi connectivity index (χ0n) is 8.90. The molecule has 0 amide bonds. The van der Waals surface area contributed by atoms with Crippen LogP contribution in [0.1, 0.15) is 18.9 Å². The van der Waals surface area contributed by atoms with Gasteiger partial charge in [-0.3, -0.25) is 0 Å². The highest BCUT2D eigenvalue weighted by Crippen LogP contribution is 2.26. The molecule has 1 aromatic carbocycles. The van der Waals surface area contributed by atoms with E-state index in [9.17, 15) is 0 Å². The number of aromatic nitrogens is 2. The van der Waals surface area contributed by atoms with Crippen molar-refractivity contribution in [2.24, 2.45) is 0 Å². The van der Waals surface area contributed by atoms with Gasteiger partial charge in [-0.1, -0.05) is 42.9 Å². The summed E-state index contributed by atoms with van der Waals surface area (Å²) in [6, 6.07) is 8.30. The first-order valence-corrected chi connectivity index (χ1v) is 6.74. The quantitative estimate of drug-likeness (QED) is 0.927. The molecule has 1 aromatic heterocycles. The second-order valence-electron chi connectivity index (χ2n) is 3.39. The maximum absolute atomic E-state index is 4.02. The number of para-hydroxylation sites is 1. The Hall–Kier alpha value is -0.940. The van der Waals surface area contributed by atoms with Crippen LogP contribution in [0.5, 0.6) is 0 Å². The zero-order chi connectivity index (χ0) is 11.4. The molecular formula is C11H12BrN3S. The smallest absolute Gasteiger partial charge is 0.210 e. The molecule has 0 aliphatic heterocycles. The SMILES string of the molecule is CCCc1ccccc1Nc1nnc(Br)s1. The molecule has 2 rings (SSSR count).